The molecule has 1 saturated carbocycles. The molecule has 1 aliphatic heterocycles. The lowest BCUT2D eigenvalue weighted by Crippen LogP contribution is -2.41. The van der Waals surface area contributed by atoms with Crippen LogP contribution in [-0.4, -0.2) is 29.7 Å². The Morgan fingerprint density at radius 2 is 2.28 bits per heavy atom. The first kappa shape index (κ1) is 12.2. The van der Waals surface area contributed by atoms with Crippen LogP contribution in [0.25, 0.3) is 0 Å². The molecule has 3 rings (SSSR count). The average molecular weight is 313 g/mol. The summed E-state index contributed by atoms with van der Waals surface area (Å²) in [7, 11) is 0. The van der Waals surface area contributed by atoms with Gasteiger partial charge in [-0.15, -0.1) is 0 Å². The van der Waals surface area contributed by atoms with Crippen LogP contribution in [0.2, 0.25) is 0 Å². The fraction of sp³-hybridized carbons (Fsp3) is 0.615. The second-order valence-corrected chi connectivity index (χ2v) is 5.99. The molecule has 0 bridgehead atoms. The van der Waals surface area contributed by atoms with Crippen LogP contribution < -0.4 is 5.32 Å². The monoisotopic (exact) mass is 312 g/mol. The highest BCUT2D eigenvalue weighted by atomic mass is 79.9. The summed E-state index contributed by atoms with van der Waals surface area (Å²) >= 11 is 3.45. The van der Waals surface area contributed by atoms with Gasteiger partial charge in [0.2, 0.25) is 0 Å². The van der Waals surface area contributed by atoms with E-state index in [1.807, 2.05) is 12.3 Å². The van der Waals surface area contributed by atoms with Crippen molar-refractivity contribution < 1.29 is 9.53 Å². The molecule has 2 fully saturated rings. The van der Waals surface area contributed by atoms with Crippen molar-refractivity contribution in [1.29, 1.82) is 0 Å². The number of aromatic nitrogens is 1. The number of amides is 1. The van der Waals surface area contributed by atoms with E-state index in [-0.39, 0.29) is 11.9 Å². The van der Waals surface area contributed by atoms with Gasteiger partial charge in [0.15, 0.2) is 0 Å². The zero-order chi connectivity index (χ0) is 12.5. The van der Waals surface area contributed by atoms with Gasteiger partial charge in [-0.1, -0.05) is 0 Å². The van der Waals surface area contributed by atoms with E-state index < -0.39 is 0 Å². The number of carbonyl (C=O) groups is 1. The Kier molecular flexibility index (Phi) is 3.43. The summed E-state index contributed by atoms with van der Waals surface area (Å²) in [5.74, 6) is 0.0168. The summed E-state index contributed by atoms with van der Waals surface area (Å²) in [5.41, 5.74) is 0.759. The third kappa shape index (κ3) is 2.62. The Morgan fingerprint density at radius 1 is 1.44 bits per heavy atom. The van der Waals surface area contributed by atoms with E-state index in [1.54, 1.807) is 0 Å². The SMILES string of the molecule is O=C(NC1CCCOC1)c1cc(Br)cn1C1CC1. The van der Waals surface area contributed by atoms with E-state index in [0.717, 1.165) is 29.6 Å². The first-order valence-corrected chi connectivity index (χ1v) is 7.29. The van der Waals surface area contributed by atoms with Crippen molar-refractivity contribution in [3.63, 3.8) is 0 Å². The molecule has 98 valence electrons. The predicted molar refractivity (Wildman–Crippen MR) is 71.7 cm³/mol. The van der Waals surface area contributed by atoms with E-state index in [9.17, 15) is 4.79 Å². The minimum atomic E-state index is 0.0168. The van der Waals surface area contributed by atoms with Gasteiger partial charge >= 0.3 is 0 Å². The van der Waals surface area contributed by atoms with E-state index in [4.69, 9.17) is 4.74 Å². The average Bonchev–Trinajstić information content (AvgIpc) is 3.13. The molecule has 1 amide bonds. The van der Waals surface area contributed by atoms with Gasteiger partial charge in [0.25, 0.3) is 5.91 Å². The zero-order valence-corrected chi connectivity index (χ0v) is 11.8. The van der Waals surface area contributed by atoms with Gasteiger partial charge in [-0.05, 0) is 47.7 Å². The second kappa shape index (κ2) is 5.05. The predicted octanol–water partition coefficient (Wildman–Crippen LogP) is 2.49. The van der Waals surface area contributed by atoms with Crippen molar-refractivity contribution in [2.75, 3.05) is 13.2 Å². The zero-order valence-electron chi connectivity index (χ0n) is 10.2. The first-order chi connectivity index (χ1) is 8.74. The molecule has 1 atom stereocenters. The van der Waals surface area contributed by atoms with E-state index in [2.05, 4.69) is 25.8 Å². The minimum absolute atomic E-state index is 0.0168. The minimum Gasteiger partial charge on any atom is -0.379 e. The number of nitrogens with zero attached hydrogens (tertiary/aromatic N) is 1. The third-order valence-electron chi connectivity index (χ3n) is 3.48. The van der Waals surface area contributed by atoms with Crippen molar-refractivity contribution in [3.05, 3.63) is 22.4 Å². The Hall–Kier alpha value is -0.810. The molecule has 0 spiro atoms. The smallest absolute Gasteiger partial charge is 0.268 e. The van der Waals surface area contributed by atoms with Crippen molar-refractivity contribution >= 4 is 21.8 Å². The largest absolute Gasteiger partial charge is 0.379 e. The molecule has 5 heteroatoms. The normalized spacial score (nSPS) is 23.9. The maximum Gasteiger partial charge on any atom is 0.268 e. The molecule has 1 aliphatic carbocycles. The molecule has 18 heavy (non-hydrogen) atoms. The van der Waals surface area contributed by atoms with E-state index in [0.29, 0.717) is 12.6 Å². The van der Waals surface area contributed by atoms with Crippen LogP contribution in [0.1, 0.15) is 42.2 Å². The Bertz CT molecular complexity index is 448. The highest BCUT2D eigenvalue weighted by molar-refractivity contribution is 9.10. The summed E-state index contributed by atoms with van der Waals surface area (Å²) in [4.78, 5) is 12.3. The number of nitrogens with one attached hydrogen (secondary N) is 1. The summed E-state index contributed by atoms with van der Waals surface area (Å²) in [5, 5.41) is 3.07. The Morgan fingerprint density at radius 3 is 2.94 bits per heavy atom. The van der Waals surface area contributed by atoms with Crippen LogP contribution in [0.15, 0.2) is 16.7 Å². The van der Waals surface area contributed by atoms with Gasteiger partial charge in [-0.3, -0.25) is 4.79 Å². The number of hydrogen-bond acceptors (Lipinski definition) is 2. The molecular weight excluding hydrogens is 296 g/mol. The molecule has 4 nitrogen and oxygen atoms in total. The van der Waals surface area contributed by atoms with Gasteiger partial charge in [0.1, 0.15) is 5.69 Å². The topological polar surface area (TPSA) is 43.3 Å². The highest BCUT2D eigenvalue weighted by Crippen LogP contribution is 2.37. The van der Waals surface area contributed by atoms with Crippen LogP contribution in [0.5, 0.6) is 0 Å². The summed E-state index contributed by atoms with van der Waals surface area (Å²) in [6.45, 7) is 1.45. The van der Waals surface area contributed by atoms with Crippen LogP contribution in [0, 0.1) is 0 Å². The van der Waals surface area contributed by atoms with Crippen molar-refractivity contribution in [2.45, 2.75) is 37.8 Å². The van der Waals surface area contributed by atoms with Crippen LogP contribution in [0.3, 0.4) is 0 Å². The number of carbonyl (C=O) groups excluding carboxylic acids is 1. The molecule has 1 N–H and O–H groups in total. The second-order valence-electron chi connectivity index (χ2n) is 5.07. The van der Waals surface area contributed by atoms with Crippen LogP contribution in [0.4, 0.5) is 0 Å². The lowest BCUT2D eigenvalue weighted by Gasteiger charge is -2.23. The molecule has 1 aromatic rings. The van der Waals surface area contributed by atoms with Gasteiger partial charge in [0, 0.05) is 23.3 Å². The van der Waals surface area contributed by atoms with Gasteiger partial charge in [-0.2, -0.15) is 0 Å². The molecule has 0 aromatic carbocycles. The summed E-state index contributed by atoms with van der Waals surface area (Å²) < 4.78 is 8.44. The van der Waals surface area contributed by atoms with Gasteiger partial charge in [-0.25, -0.2) is 0 Å². The standard InChI is InChI=1S/C13H17BrN2O2/c14-9-6-12(16(7-9)11-3-4-11)13(17)15-10-2-1-5-18-8-10/h6-7,10-11H,1-5,8H2,(H,15,17). The molecule has 1 aromatic heterocycles. The van der Waals surface area contributed by atoms with E-state index >= 15 is 0 Å². The van der Waals surface area contributed by atoms with Gasteiger partial charge < -0.3 is 14.6 Å². The van der Waals surface area contributed by atoms with Crippen molar-refractivity contribution in [3.8, 4) is 0 Å². The van der Waals surface area contributed by atoms with Gasteiger partial charge in [0.05, 0.1) is 12.6 Å². The maximum absolute atomic E-state index is 12.3. The maximum atomic E-state index is 12.3. The summed E-state index contributed by atoms with van der Waals surface area (Å²) in [6.07, 6.45) is 6.39. The third-order valence-corrected chi connectivity index (χ3v) is 3.92. The highest BCUT2D eigenvalue weighted by Gasteiger charge is 2.28. The fourth-order valence-corrected chi connectivity index (χ4v) is 2.83. The van der Waals surface area contributed by atoms with Crippen LogP contribution in [-0.2, 0) is 4.74 Å². The molecule has 2 aliphatic rings. The van der Waals surface area contributed by atoms with Crippen LogP contribution >= 0.6 is 15.9 Å². The Balaban J connectivity index is 1.71. The quantitative estimate of drug-likeness (QED) is 0.932. The lowest BCUT2D eigenvalue weighted by atomic mass is 10.1. The van der Waals surface area contributed by atoms with Crippen molar-refractivity contribution in [1.82, 2.24) is 9.88 Å². The molecule has 1 saturated heterocycles. The van der Waals surface area contributed by atoms with E-state index in [1.165, 1.54) is 12.8 Å². The first-order valence-electron chi connectivity index (χ1n) is 6.50. The van der Waals surface area contributed by atoms with Crippen molar-refractivity contribution in [2.24, 2.45) is 0 Å². The molecule has 1 unspecified atom stereocenters. The lowest BCUT2D eigenvalue weighted by molar-refractivity contribution is 0.0620. The Labute approximate surface area is 115 Å². The number of hydrogen-bond donors (Lipinski definition) is 1. The molecule has 0 radical (unpaired) electrons. The fourth-order valence-electron chi connectivity index (χ4n) is 2.40. The number of rotatable bonds is 3. The number of halogens is 1. The molecular formula is C13H17BrN2O2. The summed E-state index contributed by atoms with van der Waals surface area (Å²) in [6, 6.07) is 2.57. The number of ether oxygens (including phenoxy) is 1. The molecule has 2 heterocycles.